The zero-order valence-corrected chi connectivity index (χ0v) is 7.84. The van der Waals surface area contributed by atoms with Crippen molar-refractivity contribution in [2.45, 2.75) is 0 Å². The molecule has 1 aromatic rings. The van der Waals surface area contributed by atoms with Gasteiger partial charge in [-0.1, -0.05) is 0 Å². The number of carbonyl (C=O) groups is 2. The minimum atomic E-state index is -0.922. The summed E-state index contributed by atoms with van der Waals surface area (Å²) in [5, 5.41) is 19.2. The number of rotatable bonds is 3. The molecule has 2 N–H and O–H groups in total. The summed E-state index contributed by atoms with van der Waals surface area (Å²) in [6.45, 7) is 0. The van der Waals surface area contributed by atoms with Crippen LogP contribution >= 0.6 is 0 Å². The topological polar surface area (TPSA) is 127 Å². The SMILES string of the molecule is N#Cc1cc([N+](=O)[O-])c(C=O)cc1C(N)=O. The third-order valence-electron chi connectivity index (χ3n) is 1.88. The third-order valence-corrected chi connectivity index (χ3v) is 1.88. The number of nitro benzene ring substituents is 1. The van der Waals surface area contributed by atoms with Crippen molar-refractivity contribution in [3.63, 3.8) is 0 Å². The van der Waals surface area contributed by atoms with Crippen LogP contribution in [0, 0.1) is 21.4 Å². The van der Waals surface area contributed by atoms with Gasteiger partial charge in [0.05, 0.1) is 21.6 Å². The number of nitrogens with zero attached hydrogens (tertiary/aromatic N) is 2. The molecule has 0 aliphatic rings. The minimum Gasteiger partial charge on any atom is -0.366 e. The molecule has 16 heavy (non-hydrogen) atoms. The predicted molar refractivity (Wildman–Crippen MR) is 51.7 cm³/mol. The molecule has 80 valence electrons. The fourth-order valence-corrected chi connectivity index (χ4v) is 1.15. The second kappa shape index (κ2) is 4.18. The van der Waals surface area contributed by atoms with Gasteiger partial charge in [-0.2, -0.15) is 5.26 Å². The van der Waals surface area contributed by atoms with Gasteiger partial charge < -0.3 is 5.73 Å². The van der Waals surface area contributed by atoms with Crippen molar-refractivity contribution < 1.29 is 14.5 Å². The summed E-state index contributed by atoms with van der Waals surface area (Å²) >= 11 is 0. The molecule has 0 aliphatic carbocycles. The van der Waals surface area contributed by atoms with Crippen LogP contribution in [0.1, 0.15) is 26.3 Å². The van der Waals surface area contributed by atoms with Gasteiger partial charge in [0.15, 0.2) is 6.29 Å². The Morgan fingerprint density at radius 2 is 2.19 bits per heavy atom. The first-order valence-electron chi connectivity index (χ1n) is 3.98. The van der Waals surface area contributed by atoms with E-state index in [1.54, 1.807) is 6.07 Å². The van der Waals surface area contributed by atoms with E-state index in [0.29, 0.717) is 0 Å². The number of nitrogens with two attached hydrogens (primary N) is 1. The Balaban J connectivity index is 3.60. The molecule has 0 radical (unpaired) electrons. The first kappa shape index (κ1) is 11.3. The molecule has 0 aromatic heterocycles. The maximum absolute atomic E-state index is 10.9. The normalized spacial score (nSPS) is 9.19. The zero-order chi connectivity index (χ0) is 12.3. The molecule has 1 aromatic carbocycles. The molecular weight excluding hydrogens is 214 g/mol. The lowest BCUT2D eigenvalue weighted by atomic mass is 10.0. The quantitative estimate of drug-likeness (QED) is 0.446. The van der Waals surface area contributed by atoms with Crippen LogP contribution in [-0.2, 0) is 0 Å². The van der Waals surface area contributed by atoms with Crippen LogP contribution in [0.2, 0.25) is 0 Å². The van der Waals surface area contributed by atoms with Crippen LogP contribution < -0.4 is 5.73 Å². The molecule has 0 atom stereocenters. The van der Waals surface area contributed by atoms with Gasteiger partial charge in [-0.15, -0.1) is 0 Å². The molecule has 0 saturated heterocycles. The van der Waals surface area contributed by atoms with E-state index in [0.717, 1.165) is 12.1 Å². The summed E-state index contributed by atoms with van der Waals surface area (Å²) in [6.07, 6.45) is 0.228. The van der Waals surface area contributed by atoms with Crippen molar-refractivity contribution >= 4 is 17.9 Å². The van der Waals surface area contributed by atoms with E-state index < -0.39 is 16.5 Å². The van der Waals surface area contributed by atoms with Gasteiger partial charge in [-0.25, -0.2) is 0 Å². The van der Waals surface area contributed by atoms with E-state index in [2.05, 4.69) is 0 Å². The van der Waals surface area contributed by atoms with Gasteiger partial charge in [0, 0.05) is 6.07 Å². The monoisotopic (exact) mass is 219 g/mol. The van der Waals surface area contributed by atoms with E-state index >= 15 is 0 Å². The lowest BCUT2D eigenvalue weighted by molar-refractivity contribution is -0.385. The average Bonchev–Trinajstić information content (AvgIpc) is 2.26. The molecule has 0 spiro atoms. The fourth-order valence-electron chi connectivity index (χ4n) is 1.15. The number of amides is 1. The van der Waals surface area contributed by atoms with E-state index in [-0.39, 0.29) is 23.0 Å². The number of nitro groups is 1. The largest absolute Gasteiger partial charge is 0.366 e. The highest BCUT2D eigenvalue weighted by Gasteiger charge is 2.19. The maximum atomic E-state index is 10.9. The molecule has 7 heteroatoms. The molecule has 0 fully saturated rings. The number of nitriles is 1. The van der Waals surface area contributed by atoms with E-state index in [1.165, 1.54) is 0 Å². The first-order valence-corrected chi connectivity index (χ1v) is 3.98. The summed E-state index contributed by atoms with van der Waals surface area (Å²) in [7, 11) is 0. The highest BCUT2D eigenvalue weighted by Crippen LogP contribution is 2.21. The van der Waals surface area contributed by atoms with Gasteiger partial charge in [-0.05, 0) is 6.07 Å². The molecular formula is C9H5N3O4. The summed E-state index contributed by atoms with van der Waals surface area (Å²) in [4.78, 5) is 31.2. The number of carbonyl (C=O) groups excluding carboxylic acids is 2. The average molecular weight is 219 g/mol. The van der Waals surface area contributed by atoms with Crippen molar-refractivity contribution in [3.05, 3.63) is 38.9 Å². The van der Waals surface area contributed by atoms with Gasteiger partial charge in [0.2, 0.25) is 5.91 Å². The van der Waals surface area contributed by atoms with Crippen molar-refractivity contribution in [2.24, 2.45) is 5.73 Å². The fraction of sp³-hybridized carbons (Fsp3) is 0. The number of hydrogen-bond donors (Lipinski definition) is 1. The Hall–Kier alpha value is -2.75. The lowest BCUT2D eigenvalue weighted by Crippen LogP contribution is -2.14. The van der Waals surface area contributed by atoms with Crippen LogP contribution in [0.4, 0.5) is 5.69 Å². The van der Waals surface area contributed by atoms with Crippen LogP contribution in [0.25, 0.3) is 0 Å². The molecule has 0 bridgehead atoms. The van der Waals surface area contributed by atoms with Crippen LogP contribution in [0.3, 0.4) is 0 Å². The van der Waals surface area contributed by atoms with E-state index in [4.69, 9.17) is 11.0 Å². The number of aldehydes is 1. The standard InChI is InChI=1S/C9H5N3O4/c10-3-5-2-8(12(15)16)6(4-13)1-7(5)9(11)14/h1-2,4H,(H2,11,14). The van der Waals surface area contributed by atoms with Gasteiger partial charge in [0.25, 0.3) is 5.69 Å². The molecule has 1 amide bonds. The van der Waals surface area contributed by atoms with Gasteiger partial charge in [-0.3, -0.25) is 19.7 Å². The molecule has 0 unspecified atom stereocenters. The Morgan fingerprint density at radius 3 is 2.56 bits per heavy atom. The summed E-state index contributed by atoms with van der Waals surface area (Å²) in [5.74, 6) is -0.922. The van der Waals surface area contributed by atoms with Crippen LogP contribution in [-0.4, -0.2) is 17.1 Å². The minimum absolute atomic E-state index is 0.213. The predicted octanol–water partition coefficient (Wildman–Crippen LogP) is 0.378. The highest BCUT2D eigenvalue weighted by molar-refractivity contribution is 5.98. The van der Waals surface area contributed by atoms with Crippen molar-refractivity contribution in [2.75, 3.05) is 0 Å². The Bertz CT molecular complexity index is 530. The van der Waals surface area contributed by atoms with Crippen molar-refractivity contribution in [1.29, 1.82) is 5.26 Å². The first-order chi connectivity index (χ1) is 7.51. The Labute approximate surface area is 89.2 Å². The van der Waals surface area contributed by atoms with Gasteiger partial charge in [0.1, 0.15) is 6.07 Å². The van der Waals surface area contributed by atoms with Crippen molar-refractivity contribution in [3.8, 4) is 6.07 Å². The molecule has 0 heterocycles. The van der Waals surface area contributed by atoms with E-state index in [9.17, 15) is 19.7 Å². The lowest BCUT2D eigenvalue weighted by Gasteiger charge is -2.01. The number of hydrogen-bond acceptors (Lipinski definition) is 5. The van der Waals surface area contributed by atoms with Crippen LogP contribution in [0.15, 0.2) is 12.1 Å². The molecule has 7 nitrogen and oxygen atoms in total. The van der Waals surface area contributed by atoms with Gasteiger partial charge >= 0.3 is 0 Å². The summed E-state index contributed by atoms with van der Waals surface area (Å²) in [5.41, 5.74) is 3.69. The number of benzene rings is 1. The molecule has 0 aliphatic heterocycles. The zero-order valence-electron chi connectivity index (χ0n) is 7.84. The summed E-state index contributed by atoms with van der Waals surface area (Å²) in [6, 6.07) is 3.39. The maximum Gasteiger partial charge on any atom is 0.281 e. The Morgan fingerprint density at radius 1 is 1.56 bits per heavy atom. The number of primary amides is 1. The van der Waals surface area contributed by atoms with Crippen LogP contribution in [0.5, 0.6) is 0 Å². The Kier molecular flexibility index (Phi) is 2.96. The summed E-state index contributed by atoms with van der Waals surface area (Å²) < 4.78 is 0. The molecule has 0 saturated carbocycles. The molecule has 1 rings (SSSR count). The highest BCUT2D eigenvalue weighted by atomic mass is 16.6. The van der Waals surface area contributed by atoms with E-state index in [1.807, 2.05) is 0 Å². The second-order valence-corrected chi connectivity index (χ2v) is 2.81. The smallest absolute Gasteiger partial charge is 0.281 e. The van der Waals surface area contributed by atoms with Crippen molar-refractivity contribution in [1.82, 2.24) is 0 Å². The third kappa shape index (κ3) is 1.85. The second-order valence-electron chi connectivity index (χ2n) is 2.81.